The number of carbonyl (C=O) groups is 1. The van der Waals surface area contributed by atoms with Gasteiger partial charge in [-0.15, -0.1) is 0 Å². The summed E-state index contributed by atoms with van der Waals surface area (Å²) in [5.41, 5.74) is 1.96. The highest BCUT2D eigenvalue weighted by molar-refractivity contribution is 5.92. The van der Waals surface area contributed by atoms with Crippen molar-refractivity contribution in [3.63, 3.8) is 0 Å². The zero-order chi connectivity index (χ0) is 17.1. The van der Waals surface area contributed by atoms with Crippen molar-refractivity contribution in [1.82, 2.24) is 15.1 Å². The number of para-hydroxylation sites is 1. The second-order valence-corrected chi connectivity index (χ2v) is 6.55. The fraction of sp³-hybridized carbons (Fsp3) is 0.444. The van der Waals surface area contributed by atoms with Crippen LogP contribution in [0.4, 0.5) is 10.1 Å². The van der Waals surface area contributed by atoms with Crippen LogP contribution in [-0.4, -0.2) is 40.1 Å². The Morgan fingerprint density at radius 2 is 2.04 bits per heavy atom. The third kappa shape index (κ3) is 3.58. The van der Waals surface area contributed by atoms with Crippen LogP contribution in [-0.2, 0) is 0 Å². The van der Waals surface area contributed by atoms with Crippen molar-refractivity contribution in [3.8, 4) is 0 Å². The molecule has 0 bridgehead atoms. The summed E-state index contributed by atoms with van der Waals surface area (Å²) in [6, 6.07) is 8.69. The molecule has 2 aromatic rings. The molecule has 1 aromatic carbocycles. The molecule has 0 aliphatic carbocycles. The summed E-state index contributed by atoms with van der Waals surface area (Å²) in [6.07, 6.45) is 1.59. The Morgan fingerprint density at radius 1 is 1.33 bits per heavy atom. The van der Waals surface area contributed by atoms with E-state index >= 15 is 0 Å². The van der Waals surface area contributed by atoms with Crippen LogP contribution >= 0.6 is 0 Å². The lowest BCUT2D eigenvalue weighted by atomic mass is 10.0. The van der Waals surface area contributed by atoms with E-state index in [2.05, 4.69) is 29.4 Å². The molecule has 1 aliphatic rings. The SMILES string of the molecule is CC(C)c1cc(C(=O)N2CCC(Nc3ccccc3F)CC2)n[nH]1. The van der Waals surface area contributed by atoms with Crippen LogP contribution in [0, 0.1) is 5.82 Å². The quantitative estimate of drug-likeness (QED) is 0.903. The molecule has 1 saturated heterocycles. The molecule has 0 radical (unpaired) electrons. The number of hydrogen-bond donors (Lipinski definition) is 2. The summed E-state index contributed by atoms with van der Waals surface area (Å²) in [4.78, 5) is 14.3. The molecule has 1 aromatic heterocycles. The van der Waals surface area contributed by atoms with E-state index in [0.29, 0.717) is 30.4 Å². The van der Waals surface area contributed by atoms with E-state index in [9.17, 15) is 9.18 Å². The summed E-state index contributed by atoms with van der Waals surface area (Å²) in [7, 11) is 0. The van der Waals surface area contributed by atoms with Gasteiger partial charge in [-0.25, -0.2) is 4.39 Å². The molecule has 2 N–H and O–H groups in total. The van der Waals surface area contributed by atoms with Crippen LogP contribution in [0.15, 0.2) is 30.3 Å². The average molecular weight is 330 g/mol. The predicted octanol–water partition coefficient (Wildman–Crippen LogP) is 3.39. The highest BCUT2D eigenvalue weighted by atomic mass is 19.1. The van der Waals surface area contributed by atoms with Crippen molar-refractivity contribution in [2.45, 2.75) is 38.6 Å². The molecular formula is C18H23FN4O. The lowest BCUT2D eigenvalue weighted by Gasteiger charge is -2.32. The van der Waals surface area contributed by atoms with Gasteiger partial charge in [0.25, 0.3) is 5.91 Å². The normalized spacial score (nSPS) is 15.8. The molecule has 1 fully saturated rings. The number of hydrogen-bond acceptors (Lipinski definition) is 3. The number of amides is 1. The van der Waals surface area contributed by atoms with Gasteiger partial charge in [-0.1, -0.05) is 26.0 Å². The number of nitrogens with one attached hydrogen (secondary N) is 2. The molecular weight excluding hydrogens is 307 g/mol. The van der Waals surface area contributed by atoms with E-state index in [1.807, 2.05) is 17.0 Å². The fourth-order valence-electron chi connectivity index (χ4n) is 2.93. The molecule has 0 spiro atoms. The highest BCUT2D eigenvalue weighted by Crippen LogP contribution is 2.20. The highest BCUT2D eigenvalue weighted by Gasteiger charge is 2.25. The topological polar surface area (TPSA) is 61.0 Å². The summed E-state index contributed by atoms with van der Waals surface area (Å²) < 4.78 is 13.7. The van der Waals surface area contributed by atoms with Crippen LogP contribution in [0.25, 0.3) is 0 Å². The summed E-state index contributed by atoms with van der Waals surface area (Å²) in [6.45, 7) is 5.41. The number of rotatable bonds is 4. The Hall–Kier alpha value is -2.37. The minimum absolute atomic E-state index is 0.0394. The molecule has 0 saturated carbocycles. The monoisotopic (exact) mass is 330 g/mol. The fourth-order valence-corrected chi connectivity index (χ4v) is 2.93. The Morgan fingerprint density at radius 3 is 2.67 bits per heavy atom. The zero-order valence-electron chi connectivity index (χ0n) is 14.1. The van der Waals surface area contributed by atoms with Gasteiger partial charge in [-0.2, -0.15) is 5.10 Å². The first-order valence-corrected chi connectivity index (χ1v) is 8.40. The number of benzene rings is 1. The molecule has 0 atom stereocenters. The number of halogens is 1. The van der Waals surface area contributed by atoms with Crippen LogP contribution < -0.4 is 5.32 Å². The van der Waals surface area contributed by atoms with Crippen molar-refractivity contribution in [3.05, 3.63) is 47.5 Å². The number of carbonyl (C=O) groups excluding carboxylic acids is 1. The number of likely N-dealkylation sites (tertiary alicyclic amines) is 1. The van der Waals surface area contributed by atoms with E-state index in [0.717, 1.165) is 18.5 Å². The molecule has 2 heterocycles. The standard InChI is InChI=1S/C18H23FN4O/c1-12(2)16-11-17(22-21-16)18(24)23-9-7-13(8-10-23)20-15-6-4-3-5-14(15)19/h3-6,11-13,20H,7-10H2,1-2H3,(H,21,22). The van der Waals surface area contributed by atoms with Crippen molar-refractivity contribution in [1.29, 1.82) is 0 Å². The Balaban J connectivity index is 1.56. The van der Waals surface area contributed by atoms with Crippen molar-refractivity contribution >= 4 is 11.6 Å². The first-order chi connectivity index (χ1) is 11.5. The first-order valence-electron chi connectivity index (χ1n) is 8.40. The van der Waals surface area contributed by atoms with Crippen LogP contribution in [0.5, 0.6) is 0 Å². The lowest BCUT2D eigenvalue weighted by Crippen LogP contribution is -2.42. The maximum Gasteiger partial charge on any atom is 0.274 e. The van der Waals surface area contributed by atoms with Crippen molar-refractivity contribution < 1.29 is 9.18 Å². The van der Waals surface area contributed by atoms with Gasteiger partial charge in [-0.3, -0.25) is 9.89 Å². The Bertz CT molecular complexity index is 705. The third-order valence-electron chi connectivity index (χ3n) is 4.45. The van der Waals surface area contributed by atoms with E-state index in [1.54, 1.807) is 12.1 Å². The molecule has 3 rings (SSSR count). The summed E-state index contributed by atoms with van der Waals surface area (Å²) >= 11 is 0. The van der Waals surface area contributed by atoms with E-state index in [4.69, 9.17) is 0 Å². The molecule has 1 aliphatic heterocycles. The molecule has 6 heteroatoms. The van der Waals surface area contributed by atoms with Gasteiger partial charge < -0.3 is 10.2 Å². The summed E-state index contributed by atoms with van der Waals surface area (Å²) in [5, 5.41) is 10.3. The van der Waals surface area contributed by atoms with Gasteiger partial charge >= 0.3 is 0 Å². The zero-order valence-corrected chi connectivity index (χ0v) is 14.1. The number of anilines is 1. The Kier molecular flexibility index (Phi) is 4.83. The minimum Gasteiger partial charge on any atom is -0.380 e. The maximum atomic E-state index is 13.7. The molecule has 24 heavy (non-hydrogen) atoms. The number of aromatic amines is 1. The second kappa shape index (κ2) is 7.03. The largest absolute Gasteiger partial charge is 0.380 e. The average Bonchev–Trinajstić information content (AvgIpc) is 3.07. The van der Waals surface area contributed by atoms with Gasteiger partial charge in [-0.05, 0) is 37.0 Å². The number of nitrogens with zero attached hydrogens (tertiary/aromatic N) is 2. The van der Waals surface area contributed by atoms with Gasteiger partial charge in [0.2, 0.25) is 0 Å². The molecule has 1 amide bonds. The first kappa shape index (κ1) is 16.5. The lowest BCUT2D eigenvalue weighted by molar-refractivity contribution is 0.0712. The molecule has 5 nitrogen and oxygen atoms in total. The van der Waals surface area contributed by atoms with Crippen LogP contribution in [0.2, 0.25) is 0 Å². The van der Waals surface area contributed by atoms with Crippen LogP contribution in [0.3, 0.4) is 0 Å². The minimum atomic E-state index is -0.242. The van der Waals surface area contributed by atoms with Gasteiger partial charge in [0.05, 0.1) is 5.69 Å². The summed E-state index contributed by atoms with van der Waals surface area (Å²) in [5.74, 6) is 0.0333. The number of H-pyrrole nitrogens is 1. The van der Waals surface area contributed by atoms with Crippen LogP contribution in [0.1, 0.15) is 48.8 Å². The Labute approximate surface area is 141 Å². The van der Waals surface area contributed by atoms with Crippen molar-refractivity contribution in [2.24, 2.45) is 0 Å². The van der Waals surface area contributed by atoms with E-state index in [1.165, 1.54) is 6.07 Å². The maximum absolute atomic E-state index is 13.7. The molecule has 0 unspecified atom stereocenters. The number of aromatic nitrogens is 2. The smallest absolute Gasteiger partial charge is 0.274 e. The van der Waals surface area contributed by atoms with E-state index < -0.39 is 0 Å². The van der Waals surface area contributed by atoms with Gasteiger partial charge in [0.1, 0.15) is 11.5 Å². The third-order valence-corrected chi connectivity index (χ3v) is 4.45. The van der Waals surface area contributed by atoms with Gasteiger partial charge in [0, 0.05) is 24.8 Å². The van der Waals surface area contributed by atoms with Gasteiger partial charge in [0.15, 0.2) is 0 Å². The van der Waals surface area contributed by atoms with Crippen molar-refractivity contribution in [2.75, 3.05) is 18.4 Å². The second-order valence-electron chi connectivity index (χ2n) is 6.55. The predicted molar refractivity (Wildman–Crippen MR) is 91.6 cm³/mol. The number of piperidine rings is 1. The van der Waals surface area contributed by atoms with E-state index in [-0.39, 0.29) is 17.8 Å². The molecule has 128 valence electrons.